The Morgan fingerprint density at radius 1 is 1.41 bits per heavy atom. The molecule has 0 aliphatic heterocycles. The van der Waals surface area contributed by atoms with Gasteiger partial charge in [0.1, 0.15) is 0 Å². The lowest BCUT2D eigenvalue weighted by Gasteiger charge is -2.07. The predicted octanol–water partition coefficient (Wildman–Crippen LogP) is 3.04. The molecule has 0 fully saturated rings. The van der Waals surface area contributed by atoms with E-state index in [4.69, 9.17) is 11.6 Å². The van der Waals surface area contributed by atoms with E-state index in [9.17, 15) is 14.9 Å². The summed E-state index contributed by atoms with van der Waals surface area (Å²) in [5.74, 6) is -0.604. The molecule has 0 saturated carbocycles. The summed E-state index contributed by atoms with van der Waals surface area (Å²) in [5.41, 5.74) is 0.612. The summed E-state index contributed by atoms with van der Waals surface area (Å²) in [6, 6.07) is 8.17. The standard InChI is InChI=1S/C14H12ClN3O4/c1-22-14(19)10-6-12(18(20)21)13(17-8-10)16-7-9-2-4-11(15)5-3-9/h2-6,8H,7H2,1H3,(H,16,17). The van der Waals surface area contributed by atoms with Gasteiger partial charge in [0.15, 0.2) is 0 Å². The molecule has 0 aliphatic rings. The zero-order chi connectivity index (χ0) is 16.1. The summed E-state index contributed by atoms with van der Waals surface area (Å²) < 4.78 is 4.52. The summed E-state index contributed by atoms with van der Waals surface area (Å²) >= 11 is 5.79. The lowest BCUT2D eigenvalue weighted by atomic mass is 10.2. The van der Waals surface area contributed by atoms with Crippen molar-refractivity contribution in [3.05, 3.63) is 62.8 Å². The molecule has 0 atom stereocenters. The zero-order valence-corrected chi connectivity index (χ0v) is 12.3. The van der Waals surface area contributed by atoms with Crippen LogP contribution in [0.2, 0.25) is 5.02 Å². The highest BCUT2D eigenvalue weighted by Crippen LogP contribution is 2.24. The molecule has 0 bridgehead atoms. The summed E-state index contributed by atoms with van der Waals surface area (Å²) in [7, 11) is 1.20. The third kappa shape index (κ3) is 3.70. The van der Waals surface area contributed by atoms with Crippen molar-refractivity contribution in [1.29, 1.82) is 0 Å². The van der Waals surface area contributed by atoms with E-state index < -0.39 is 10.9 Å². The minimum atomic E-state index is -0.681. The smallest absolute Gasteiger partial charge is 0.339 e. The number of anilines is 1. The first-order valence-corrected chi connectivity index (χ1v) is 6.60. The molecule has 1 aromatic heterocycles. The Balaban J connectivity index is 2.21. The van der Waals surface area contributed by atoms with Crippen LogP contribution < -0.4 is 5.32 Å². The highest BCUT2D eigenvalue weighted by atomic mass is 35.5. The fourth-order valence-corrected chi connectivity index (χ4v) is 1.87. The van der Waals surface area contributed by atoms with Crippen LogP contribution in [-0.4, -0.2) is 23.0 Å². The SMILES string of the molecule is COC(=O)c1cnc(NCc2ccc(Cl)cc2)c([N+](=O)[O-])c1. The Hall–Kier alpha value is -2.67. The number of hydrogen-bond donors (Lipinski definition) is 1. The molecule has 22 heavy (non-hydrogen) atoms. The van der Waals surface area contributed by atoms with Crippen LogP contribution in [0.25, 0.3) is 0 Å². The Kier molecular flexibility index (Phi) is 4.90. The average Bonchev–Trinajstić information content (AvgIpc) is 2.53. The largest absolute Gasteiger partial charge is 0.465 e. The number of ether oxygens (including phenoxy) is 1. The maximum Gasteiger partial charge on any atom is 0.339 e. The molecule has 114 valence electrons. The molecule has 7 nitrogen and oxygen atoms in total. The van der Waals surface area contributed by atoms with E-state index in [1.807, 2.05) is 0 Å². The molecule has 0 saturated heterocycles. The number of benzene rings is 1. The maximum absolute atomic E-state index is 11.4. The first-order chi connectivity index (χ1) is 10.5. The van der Waals surface area contributed by atoms with Gasteiger partial charge >= 0.3 is 11.7 Å². The highest BCUT2D eigenvalue weighted by molar-refractivity contribution is 6.30. The minimum Gasteiger partial charge on any atom is -0.465 e. The molecule has 1 N–H and O–H groups in total. The van der Waals surface area contributed by atoms with Crippen LogP contribution in [0, 0.1) is 10.1 Å². The number of nitro groups is 1. The van der Waals surface area contributed by atoms with Crippen LogP contribution in [0.4, 0.5) is 11.5 Å². The zero-order valence-electron chi connectivity index (χ0n) is 11.6. The Morgan fingerprint density at radius 2 is 2.09 bits per heavy atom. The number of carbonyl (C=O) groups is 1. The summed E-state index contributed by atoms with van der Waals surface area (Å²) in [6.45, 7) is 0.336. The fraction of sp³-hybridized carbons (Fsp3) is 0.143. The van der Waals surface area contributed by atoms with Gasteiger partial charge in [0.2, 0.25) is 5.82 Å². The number of carbonyl (C=O) groups excluding carboxylic acids is 1. The predicted molar refractivity (Wildman–Crippen MR) is 81.0 cm³/mol. The van der Waals surface area contributed by atoms with Gasteiger partial charge in [-0.1, -0.05) is 23.7 Å². The Morgan fingerprint density at radius 3 is 2.68 bits per heavy atom. The summed E-state index contributed by atoms with van der Waals surface area (Å²) in [6.07, 6.45) is 1.23. The van der Waals surface area contributed by atoms with Crippen LogP contribution in [0.5, 0.6) is 0 Å². The van der Waals surface area contributed by atoms with Gasteiger partial charge in [-0.05, 0) is 17.7 Å². The van der Waals surface area contributed by atoms with Gasteiger partial charge in [-0.3, -0.25) is 10.1 Å². The van der Waals surface area contributed by atoms with Crippen molar-refractivity contribution in [3.63, 3.8) is 0 Å². The normalized spacial score (nSPS) is 10.1. The van der Waals surface area contributed by atoms with Crippen LogP contribution in [0.1, 0.15) is 15.9 Å². The van der Waals surface area contributed by atoms with E-state index in [-0.39, 0.29) is 17.1 Å². The van der Waals surface area contributed by atoms with Crippen LogP contribution in [0.15, 0.2) is 36.5 Å². The third-order valence-corrected chi connectivity index (χ3v) is 3.11. The van der Waals surface area contributed by atoms with E-state index in [1.165, 1.54) is 13.3 Å². The molecule has 8 heteroatoms. The lowest BCUT2D eigenvalue weighted by molar-refractivity contribution is -0.384. The molecular formula is C14H12ClN3O4. The number of rotatable bonds is 5. The van der Waals surface area contributed by atoms with Gasteiger partial charge in [-0.15, -0.1) is 0 Å². The topological polar surface area (TPSA) is 94.4 Å². The second-order valence-electron chi connectivity index (χ2n) is 4.32. The summed E-state index contributed by atoms with van der Waals surface area (Å²) in [5, 5.41) is 14.6. The number of nitrogens with one attached hydrogen (secondary N) is 1. The van der Waals surface area contributed by atoms with Crippen LogP contribution in [-0.2, 0) is 11.3 Å². The monoisotopic (exact) mass is 321 g/mol. The second kappa shape index (κ2) is 6.86. The van der Waals surface area contributed by atoms with Gasteiger partial charge in [0, 0.05) is 23.8 Å². The van der Waals surface area contributed by atoms with E-state index in [1.54, 1.807) is 24.3 Å². The van der Waals surface area contributed by atoms with Crippen LogP contribution >= 0.6 is 11.6 Å². The van der Waals surface area contributed by atoms with E-state index in [0.717, 1.165) is 11.6 Å². The van der Waals surface area contributed by atoms with Gasteiger partial charge in [0.05, 0.1) is 17.6 Å². The number of methoxy groups -OCH3 is 1. The van der Waals surface area contributed by atoms with E-state index in [0.29, 0.717) is 11.6 Å². The quantitative estimate of drug-likeness (QED) is 0.516. The third-order valence-electron chi connectivity index (χ3n) is 2.86. The molecule has 0 aliphatic carbocycles. The van der Waals surface area contributed by atoms with Crippen molar-refractivity contribution in [2.24, 2.45) is 0 Å². The molecule has 0 spiro atoms. The van der Waals surface area contributed by atoms with Gasteiger partial charge < -0.3 is 10.1 Å². The molecule has 2 rings (SSSR count). The molecule has 2 aromatic rings. The Labute approximate surface area is 131 Å². The average molecular weight is 322 g/mol. The van der Waals surface area contributed by atoms with Crippen molar-refractivity contribution in [1.82, 2.24) is 4.98 Å². The fourth-order valence-electron chi connectivity index (χ4n) is 1.75. The van der Waals surface area contributed by atoms with Gasteiger partial charge in [-0.25, -0.2) is 9.78 Å². The van der Waals surface area contributed by atoms with Crippen molar-refractivity contribution in [3.8, 4) is 0 Å². The van der Waals surface area contributed by atoms with E-state index in [2.05, 4.69) is 15.0 Å². The van der Waals surface area contributed by atoms with Crippen molar-refractivity contribution in [2.75, 3.05) is 12.4 Å². The number of halogens is 1. The molecule has 0 amide bonds. The number of aromatic nitrogens is 1. The molecule has 1 heterocycles. The van der Waals surface area contributed by atoms with Crippen molar-refractivity contribution in [2.45, 2.75) is 6.54 Å². The minimum absolute atomic E-state index is 0.0197. The first kappa shape index (κ1) is 15.7. The van der Waals surface area contributed by atoms with Gasteiger partial charge in [-0.2, -0.15) is 0 Å². The van der Waals surface area contributed by atoms with E-state index >= 15 is 0 Å². The first-order valence-electron chi connectivity index (χ1n) is 6.22. The van der Waals surface area contributed by atoms with Crippen molar-refractivity contribution < 1.29 is 14.5 Å². The number of nitrogens with zero attached hydrogens (tertiary/aromatic N) is 2. The van der Waals surface area contributed by atoms with Gasteiger partial charge in [0.25, 0.3) is 0 Å². The maximum atomic E-state index is 11.4. The second-order valence-corrected chi connectivity index (χ2v) is 4.76. The number of esters is 1. The molecule has 0 radical (unpaired) electrons. The molecule has 0 unspecified atom stereocenters. The number of pyridine rings is 1. The molecular weight excluding hydrogens is 310 g/mol. The van der Waals surface area contributed by atoms with Crippen LogP contribution in [0.3, 0.4) is 0 Å². The molecule has 1 aromatic carbocycles. The number of hydrogen-bond acceptors (Lipinski definition) is 6. The lowest BCUT2D eigenvalue weighted by Crippen LogP contribution is -2.08. The Bertz CT molecular complexity index is 704. The highest BCUT2D eigenvalue weighted by Gasteiger charge is 2.19. The summed E-state index contributed by atoms with van der Waals surface area (Å²) in [4.78, 5) is 25.8. The van der Waals surface area contributed by atoms with Crippen molar-refractivity contribution >= 4 is 29.1 Å².